The average Bonchev–Trinajstić information content (AvgIpc) is 2.17. The van der Waals surface area contributed by atoms with Crippen molar-refractivity contribution >= 4 is 5.91 Å². The Morgan fingerprint density at radius 1 is 1.47 bits per heavy atom. The topological polar surface area (TPSA) is 84.6 Å². The summed E-state index contributed by atoms with van der Waals surface area (Å²) in [5.41, 5.74) is -0.185. The Morgan fingerprint density at radius 2 is 2.00 bits per heavy atom. The van der Waals surface area contributed by atoms with Gasteiger partial charge in [-0.2, -0.15) is 5.26 Å². The van der Waals surface area contributed by atoms with Crippen LogP contribution in [0.1, 0.15) is 10.4 Å². The Morgan fingerprint density at radius 3 is 2.47 bits per heavy atom. The fraction of sp³-hybridized carbons (Fsp3) is 0.200. The molecule has 1 aromatic rings. The summed E-state index contributed by atoms with van der Waals surface area (Å²) < 4.78 is 0. The highest BCUT2D eigenvalue weighted by Crippen LogP contribution is 2.27. The van der Waals surface area contributed by atoms with Crippen molar-refractivity contribution in [1.29, 1.82) is 5.26 Å². The van der Waals surface area contributed by atoms with E-state index in [1.54, 1.807) is 6.07 Å². The molecule has 78 valence electrons. The van der Waals surface area contributed by atoms with Crippen molar-refractivity contribution < 1.29 is 15.0 Å². The molecule has 1 amide bonds. The lowest BCUT2D eigenvalue weighted by molar-refractivity contribution is 0.0806. The number of hydrogen-bond donors (Lipinski definition) is 2. The van der Waals surface area contributed by atoms with Crippen LogP contribution in [0.25, 0.3) is 0 Å². The van der Waals surface area contributed by atoms with Crippen LogP contribution < -0.4 is 0 Å². The summed E-state index contributed by atoms with van der Waals surface area (Å²) in [6.07, 6.45) is 0. The van der Waals surface area contributed by atoms with Crippen molar-refractivity contribution in [3.8, 4) is 17.6 Å². The van der Waals surface area contributed by atoms with E-state index in [1.165, 1.54) is 25.2 Å². The molecule has 0 fully saturated rings. The van der Waals surface area contributed by atoms with Crippen LogP contribution in [0.15, 0.2) is 18.2 Å². The number of carbonyl (C=O) groups is 1. The second-order valence-electron chi connectivity index (χ2n) is 2.99. The van der Waals surface area contributed by atoms with Gasteiger partial charge in [-0.3, -0.25) is 4.79 Å². The van der Waals surface area contributed by atoms with Gasteiger partial charge in [-0.15, -0.1) is 0 Å². The first-order chi connectivity index (χ1) is 7.07. The summed E-state index contributed by atoms with van der Waals surface area (Å²) in [6, 6.07) is 5.82. The Kier molecular flexibility index (Phi) is 3.13. The van der Waals surface area contributed by atoms with E-state index in [-0.39, 0.29) is 23.6 Å². The molecule has 5 heteroatoms. The van der Waals surface area contributed by atoms with Gasteiger partial charge in [0, 0.05) is 7.05 Å². The molecule has 1 aromatic carbocycles. The molecule has 0 saturated carbocycles. The third kappa shape index (κ3) is 2.17. The number of phenolic OH excluding ortho intramolecular Hbond substituents is 2. The van der Waals surface area contributed by atoms with Crippen molar-refractivity contribution in [2.45, 2.75) is 0 Å². The van der Waals surface area contributed by atoms with Crippen LogP contribution >= 0.6 is 0 Å². The summed E-state index contributed by atoms with van der Waals surface area (Å²) in [4.78, 5) is 12.7. The van der Waals surface area contributed by atoms with E-state index in [2.05, 4.69) is 0 Å². The molecule has 15 heavy (non-hydrogen) atoms. The highest BCUT2D eigenvalue weighted by molar-refractivity contribution is 5.99. The third-order valence-corrected chi connectivity index (χ3v) is 1.89. The summed E-state index contributed by atoms with van der Waals surface area (Å²) >= 11 is 0. The zero-order chi connectivity index (χ0) is 11.4. The lowest BCUT2D eigenvalue weighted by Gasteiger charge is -2.14. The van der Waals surface area contributed by atoms with E-state index in [9.17, 15) is 15.0 Å². The van der Waals surface area contributed by atoms with E-state index in [4.69, 9.17) is 5.26 Å². The SMILES string of the molecule is CN(CC#N)C(=O)c1c(O)cccc1O. The number of benzene rings is 1. The molecule has 0 spiro atoms. The number of carbonyl (C=O) groups excluding carboxylic acids is 1. The van der Waals surface area contributed by atoms with E-state index in [0.29, 0.717) is 0 Å². The van der Waals surface area contributed by atoms with Crippen LogP contribution in [0.4, 0.5) is 0 Å². The molecule has 2 N–H and O–H groups in total. The van der Waals surface area contributed by atoms with Gasteiger partial charge in [-0.1, -0.05) is 6.07 Å². The molecule has 0 aliphatic heterocycles. The molecular formula is C10H10N2O3. The third-order valence-electron chi connectivity index (χ3n) is 1.89. The van der Waals surface area contributed by atoms with Gasteiger partial charge in [0.2, 0.25) is 0 Å². The van der Waals surface area contributed by atoms with Crippen LogP contribution in [-0.2, 0) is 0 Å². The summed E-state index contributed by atoms with van der Waals surface area (Å²) in [5.74, 6) is -1.19. The normalized spacial score (nSPS) is 9.33. The smallest absolute Gasteiger partial charge is 0.262 e. The largest absolute Gasteiger partial charge is 0.507 e. The minimum atomic E-state index is -0.591. The Labute approximate surface area is 86.8 Å². The first-order valence-electron chi connectivity index (χ1n) is 4.21. The van der Waals surface area contributed by atoms with Gasteiger partial charge in [0.05, 0.1) is 6.07 Å². The molecule has 0 heterocycles. The van der Waals surface area contributed by atoms with Crippen molar-refractivity contribution in [3.05, 3.63) is 23.8 Å². The van der Waals surface area contributed by atoms with E-state index < -0.39 is 5.91 Å². The monoisotopic (exact) mass is 206 g/mol. The number of phenols is 2. The molecule has 0 atom stereocenters. The van der Waals surface area contributed by atoms with Crippen molar-refractivity contribution in [2.24, 2.45) is 0 Å². The van der Waals surface area contributed by atoms with Crippen LogP contribution in [0.2, 0.25) is 0 Å². The number of aromatic hydroxyl groups is 2. The predicted octanol–water partition coefficient (Wildman–Crippen LogP) is 0.693. The zero-order valence-corrected chi connectivity index (χ0v) is 8.14. The van der Waals surface area contributed by atoms with Crippen molar-refractivity contribution in [1.82, 2.24) is 4.90 Å². The predicted molar refractivity (Wildman–Crippen MR) is 52.3 cm³/mol. The quantitative estimate of drug-likeness (QED) is 0.697. The highest BCUT2D eigenvalue weighted by atomic mass is 16.3. The molecule has 0 aliphatic carbocycles. The Balaban J connectivity index is 3.07. The van der Waals surface area contributed by atoms with Crippen LogP contribution in [0.3, 0.4) is 0 Å². The molecule has 5 nitrogen and oxygen atoms in total. The lowest BCUT2D eigenvalue weighted by Crippen LogP contribution is -2.27. The van der Waals surface area contributed by atoms with E-state index in [0.717, 1.165) is 4.90 Å². The van der Waals surface area contributed by atoms with Gasteiger partial charge in [0.1, 0.15) is 23.6 Å². The number of nitriles is 1. The van der Waals surface area contributed by atoms with Crippen LogP contribution in [0.5, 0.6) is 11.5 Å². The first-order valence-corrected chi connectivity index (χ1v) is 4.21. The number of rotatable bonds is 2. The Hall–Kier alpha value is -2.22. The first kappa shape index (κ1) is 10.9. The number of hydrogen-bond acceptors (Lipinski definition) is 4. The van der Waals surface area contributed by atoms with E-state index in [1.807, 2.05) is 0 Å². The zero-order valence-electron chi connectivity index (χ0n) is 8.14. The number of nitrogens with zero attached hydrogens (tertiary/aromatic N) is 2. The van der Waals surface area contributed by atoms with Gasteiger partial charge < -0.3 is 15.1 Å². The number of amides is 1. The minimum Gasteiger partial charge on any atom is -0.507 e. The maximum Gasteiger partial charge on any atom is 0.262 e. The summed E-state index contributed by atoms with van der Waals surface area (Å²) in [6.45, 7) is -0.105. The molecule has 0 bridgehead atoms. The molecule has 0 aliphatic rings. The maximum absolute atomic E-state index is 11.6. The maximum atomic E-state index is 11.6. The Bertz CT molecular complexity index is 403. The summed E-state index contributed by atoms with van der Waals surface area (Å²) in [5, 5.41) is 27.2. The van der Waals surface area contributed by atoms with Crippen LogP contribution in [0, 0.1) is 11.3 Å². The van der Waals surface area contributed by atoms with Gasteiger partial charge >= 0.3 is 0 Å². The minimum absolute atomic E-state index is 0.105. The van der Waals surface area contributed by atoms with Gasteiger partial charge in [0.25, 0.3) is 5.91 Å². The second kappa shape index (κ2) is 4.33. The lowest BCUT2D eigenvalue weighted by atomic mass is 10.1. The molecule has 0 radical (unpaired) electrons. The van der Waals surface area contributed by atoms with Gasteiger partial charge in [-0.05, 0) is 12.1 Å². The standard InChI is InChI=1S/C10H10N2O3/c1-12(6-5-11)10(15)9-7(13)3-2-4-8(9)14/h2-4,13-14H,6H2,1H3. The second-order valence-corrected chi connectivity index (χ2v) is 2.99. The van der Waals surface area contributed by atoms with Crippen LogP contribution in [-0.4, -0.2) is 34.6 Å². The summed E-state index contributed by atoms with van der Waals surface area (Å²) in [7, 11) is 1.41. The molecule has 0 saturated heterocycles. The van der Waals surface area contributed by atoms with E-state index >= 15 is 0 Å². The van der Waals surface area contributed by atoms with Crippen molar-refractivity contribution in [3.63, 3.8) is 0 Å². The molecular weight excluding hydrogens is 196 g/mol. The fourth-order valence-corrected chi connectivity index (χ4v) is 1.12. The van der Waals surface area contributed by atoms with Gasteiger partial charge in [0.15, 0.2) is 0 Å². The van der Waals surface area contributed by atoms with Gasteiger partial charge in [-0.25, -0.2) is 0 Å². The van der Waals surface area contributed by atoms with Crippen molar-refractivity contribution in [2.75, 3.05) is 13.6 Å². The molecule has 1 rings (SSSR count). The molecule has 0 aromatic heterocycles. The highest BCUT2D eigenvalue weighted by Gasteiger charge is 2.19. The fourth-order valence-electron chi connectivity index (χ4n) is 1.12. The molecule has 0 unspecified atom stereocenters. The average molecular weight is 206 g/mol.